The number of thiocarbonyl (C=S) groups is 1. The van der Waals surface area contributed by atoms with Crippen LogP contribution in [0.3, 0.4) is 0 Å². The van der Waals surface area contributed by atoms with Crippen molar-refractivity contribution in [2.45, 2.75) is 12.5 Å². The molecule has 0 radical (unpaired) electrons. The standard InChI is InChI=1S/C13H13N3OS/c1-13(11(17)16(2)12(18)15-13)9-7-14-10-6-4-3-5-8(9)10/h3-7,14H,1-2H3,(H,15,18)/t13-/m1/s1. The van der Waals surface area contributed by atoms with Gasteiger partial charge in [-0.15, -0.1) is 0 Å². The Morgan fingerprint density at radius 3 is 2.72 bits per heavy atom. The molecule has 0 spiro atoms. The fourth-order valence-electron chi connectivity index (χ4n) is 2.45. The van der Waals surface area contributed by atoms with E-state index in [0.717, 1.165) is 16.5 Å². The first kappa shape index (κ1) is 11.2. The topological polar surface area (TPSA) is 48.1 Å². The number of carbonyl (C=O) groups is 1. The summed E-state index contributed by atoms with van der Waals surface area (Å²) in [4.78, 5) is 17.0. The van der Waals surface area contributed by atoms with Crippen molar-refractivity contribution in [3.8, 4) is 0 Å². The van der Waals surface area contributed by atoms with E-state index < -0.39 is 5.54 Å². The second-order valence-electron chi connectivity index (χ2n) is 4.67. The predicted molar refractivity (Wildman–Crippen MR) is 74.2 cm³/mol. The first-order chi connectivity index (χ1) is 8.54. The van der Waals surface area contributed by atoms with Crippen molar-refractivity contribution in [3.63, 3.8) is 0 Å². The van der Waals surface area contributed by atoms with Gasteiger partial charge in [-0.05, 0) is 25.2 Å². The van der Waals surface area contributed by atoms with Crippen molar-refractivity contribution in [2.24, 2.45) is 0 Å². The average molecular weight is 259 g/mol. The number of likely N-dealkylation sites (N-methyl/N-ethyl adjacent to an activating group) is 1. The molecule has 18 heavy (non-hydrogen) atoms. The fraction of sp³-hybridized carbons (Fsp3) is 0.231. The monoisotopic (exact) mass is 259 g/mol. The zero-order valence-corrected chi connectivity index (χ0v) is 11.0. The zero-order chi connectivity index (χ0) is 12.9. The number of para-hydroxylation sites is 1. The highest BCUT2D eigenvalue weighted by atomic mass is 32.1. The van der Waals surface area contributed by atoms with Gasteiger partial charge in [0.25, 0.3) is 5.91 Å². The molecule has 2 heterocycles. The molecule has 3 rings (SSSR count). The maximum atomic E-state index is 12.3. The highest BCUT2D eigenvalue weighted by molar-refractivity contribution is 7.80. The van der Waals surface area contributed by atoms with Gasteiger partial charge in [0.15, 0.2) is 5.11 Å². The van der Waals surface area contributed by atoms with E-state index in [-0.39, 0.29) is 5.91 Å². The third-order valence-corrected chi connectivity index (χ3v) is 3.90. The molecule has 92 valence electrons. The molecule has 1 aliphatic rings. The molecule has 0 aliphatic carbocycles. The molecule has 1 fully saturated rings. The van der Waals surface area contributed by atoms with Crippen LogP contribution in [0, 0.1) is 0 Å². The van der Waals surface area contributed by atoms with Crippen LogP contribution in [-0.4, -0.2) is 28.0 Å². The molecule has 2 N–H and O–H groups in total. The molecule has 0 saturated carbocycles. The third kappa shape index (κ3) is 1.31. The van der Waals surface area contributed by atoms with E-state index in [9.17, 15) is 4.79 Å². The number of benzene rings is 1. The van der Waals surface area contributed by atoms with Gasteiger partial charge in [-0.25, -0.2) is 0 Å². The van der Waals surface area contributed by atoms with Gasteiger partial charge in [0.05, 0.1) is 0 Å². The molecular weight excluding hydrogens is 246 g/mol. The van der Waals surface area contributed by atoms with Crippen LogP contribution >= 0.6 is 12.2 Å². The number of rotatable bonds is 1. The summed E-state index contributed by atoms with van der Waals surface area (Å²) < 4.78 is 0. The number of aromatic nitrogens is 1. The Bertz CT molecular complexity index is 663. The summed E-state index contributed by atoms with van der Waals surface area (Å²) in [5, 5.41) is 4.62. The van der Waals surface area contributed by atoms with Crippen LogP contribution in [-0.2, 0) is 10.3 Å². The van der Waals surface area contributed by atoms with E-state index in [1.807, 2.05) is 37.4 Å². The lowest BCUT2D eigenvalue weighted by Gasteiger charge is -2.21. The molecular formula is C13H13N3OS. The summed E-state index contributed by atoms with van der Waals surface area (Å²) in [5.74, 6) is -0.0303. The van der Waals surface area contributed by atoms with E-state index in [2.05, 4.69) is 10.3 Å². The Kier molecular flexibility index (Phi) is 2.22. The van der Waals surface area contributed by atoms with E-state index in [4.69, 9.17) is 12.2 Å². The van der Waals surface area contributed by atoms with Gasteiger partial charge >= 0.3 is 0 Å². The summed E-state index contributed by atoms with van der Waals surface area (Å²) in [6.07, 6.45) is 1.87. The van der Waals surface area contributed by atoms with Crippen LogP contribution in [0.2, 0.25) is 0 Å². The smallest absolute Gasteiger partial charge is 0.258 e. The lowest BCUT2D eigenvalue weighted by molar-refractivity contribution is -0.129. The van der Waals surface area contributed by atoms with Crippen LogP contribution < -0.4 is 5.32 Å². The molecule has 1 saturated heterocycles. The number of fused-ring (bicyclic) bond motifs is 1. The third-order valence-electron chi connectivity index (χ3n) is 3.52. The first-order valence-electron chi connectivity index (χ1n) is 5.71. The Hall–Kier alpha value is -1.88. The summed E-state index contributed by atoms with van der Waals surface area (Å²) in [5.41, 5.74) is 1.16. The largest absolute Gasteiger partial charge is 0.361 e. The maximum absolute atomic E-state index is 12.3. The number of nitrogens with zero attached hydrogens (tertiary/aromatic N) is 1. The van der Waals surface area contributed by atoms with Gasteiger partial charge < -0.3 is 10.3 Å². The van der Waals surface area contributed by atoms with E-state index in [1.54, 1.807) is 7.05 Å². The minimum Gasteiger partial charge on any atom is -0.361 e. The van der Waals surface area contributed by atoms with Crippen LogP contribution in [0.25, 0.3) is 10.9 Å². The van der Waals surface area contributed by atoms with Crippen molar-refractivity contribution < 1.29 is 4.79 Å². The highest BCUT2D eigenvalue weighted by Crippen LogP contribution is 2.33. The molecule has 1 aromatic heterocycles. The quantitative estimate of drug-likeness (QED) is 0.767. The fourth-order valence-corrected chi connectivity index (χ4v) is 2.73. The molecule has 5 heteroatoms. The predicted octanol–water partition coefficient (Wildman–Crippen LogP) is 1.73. The average Bonchev–Trinajstić information content (AvgIpc) is 2.87. The lowest BCUT2D eigenvalue weighted by Crippen LogP contribution is -2.40. The first-order valence-corrected chi connectivity index (χ1v) is 6.12. The number of aromatic amines is 1. The summed E-state index contributed by atoms with van der Waals surface area (Å²) in [6.45, 7) is 1.86. The molecule has 0 bridgehead atoms. The van der Waals surface area contributed by atoms with Crippen molar-refractivity contribution in [1.29, 1.82) is 0 Å². The summed E-state index contributed by atoms with van der Waals surface area (Å²) in [7, 11) is 1.69. The molecule has 1 aliphatic heterocycles. The van der Waals surface area contributed by atoms with E-state index >= 15 is 0 Å². The molecule has 1 atom stereocenters. The minimum atomic E-state index is -0.786. The molecule has 0 unspecified atom stereocenters. The minimum absolute atomic E-state index is 0.0303. The summed E-state index contributed by atoms with van der Waals surface area (Å²) >= 11 is 5.15. The van der Waals surface area contributed by atoms with Gasteiger partial charge in [0.2, 0.25) is 0 Å². The lowest BCUT2D eigenvalue weighted by atomic mass is 9.92. The van der Waals surface area contributed by atoms with Gasteiger partial charge in [-0.2, -0.15) is 0 Å². The van der Waals surface area contributed by atoms with Crippen molar-refractivity contribution >= 4 is 34.1 Å². The number of H-pyrrole nitrogens is 1. The molecule has 1 amide bonds. The number of nitrogens with one attached hydrogen (secondary N) is 2. The number of hydrogen-bond acceptors (Lipinski definition) is 2. The molecule has 1 aromatic carbocycles. The van der Waals surface area contributed by atoms with Crippen molar-refractivity contribution in [2.75, 3.05) is 7.05 Å². The normalized spacial score (nSPS) is 23.8. The second kappa shape index (κ2) is 3.55. The summed E-state index contributed by atoms with van der Waals surface area (Å²) in [6, 6.07) is 7.92. The Morgan fingerprint density at radius 2 is 2.06 bits per heavy atom. The van der Waals surface area contributed by atoms with Crippen molar-refractivity contribution in [1.82, 2.24) is 15.2 Å². The van der Waals surface area contributed by atoms with Gasteiger partial charge in [-0.1, -0.05) is 18.2 Å². The number of carbonyl (C=O) groups excluding carboxylic acids is 1. The van der Waals surface area contributed by atoms with Gasteiger partial charge in [-0.3, -0.25) is 9.69 Å². The van der Waals surface area contributed by atoms with Crippen LogP contribution in [0.15, 0.2) is 30.5 Å². The van der Waals surface area contributed by atoms with Crippen LogP contribution in [0.1, 0.15) is 12.5 Å². The van der Waals surface area contributed by atoms with E-state index in [0.29, 0.717) is 5.11 Å². The van der Waals surface area contributed by atoms with E-state index in [1.165, 1.54) is 4.90 Å². The second-order valence-corrected chi connectivity index (χ2v) is 5.05. The highest BCUT2D eigenvalue weighted by Gasteiger charge is 2.46. The molecule has 4 nitrogen and oxygen atoms in total. The number of hydrogen-bond donors (Lipinski definition) is 2. The molecule has 2 aromatic rings. The van der Waals surface area contributed by atoms with Crippen molar-refractivity contribution in [3.05, 3.63) is 36.0 Å². The van der Waals surface area contributed by atoms with Gasteiger partial charge in [0.1, 0.15) is 5.54 Å². The van der Waals surface area contributed by atoms with Crippen LogP contribution in [0.4, 0.5) is 0 Å². The maximum Gasteiger partial charge on any atom is 0.258 e. The SMILES string of the molecule is CN1C(=O)[C@@](C)(c2c[nH]c3ccccc23)NC1=S. The Balaban J connectivity index is 2.21. The van der Waals surface area contributed by atoms with Crippen LogP contribution in [0.5, 0.6) is 0 Å². The Labute approximate surface area is 110 Å². The van der Waals surface area contributed by atoms with Gasteiger partial charge in [0, 0.05) is 29.7 Å². The number of amides is 1. The Morgan fingerprint density at radius 1 is 1.33 bits per heavy atom. The zero-order valence-electron chi connectivity index (χ0n) is 10.2.